The molecule has 0 bridgehead atoms. The minimum absolute atomic E-state index is 0.250. The average molecular weight is 284 g/mol. The summed E-state index contributed by atoms with van der Waals surface area (Å²) >= 11 is 0. The molecule has 2 N–H and O–H groups in total. The predicted octanol–water partition coefficient (Wildman–Crippen LogP) is 1.93. The highest BCUT2D eigenvalue weighted by atomic mass is 19.4. The molecule has 1 aromatic carbocycles. The fraction of sp³-hybridized carbons (Fsp3) is 0.308. The number of amides is 1. The highest BCUT2D eigenvalue weighted by Gasteiger charge is 2.46. The number of alkyl halides is 3. The zero-order chi connectivity index (χ0) is 14.4. The minimum atomic E-state index is -4.75. The highest BCUT2D eigenvalue weighted by molar-refractivity contribution is 6.08. The molecule has 2 aliphatic rings. The standard InChI is InChI=1S/C13H11F3N2O2/c14-13(15,16)20-8-2-3-10-9(6-8)12(11(19)18-10)4-1-5-17-7-12/h1-4,6,17H,5,7H2,(H,18,19)/t12-/m1/s1. The van der Waals surface area contributed by atoms with E-state index < -0.39 is 11.8 Å². The van der Waals surface area contributed by atoms with E-state index in [0.29, 0.717) is 24.3 Å². The Morgan fingerprint density at radius 3 is 2.75 bits per heavy atom. The largest absolute Gasteiger partial charge is 0.573 e. The van der Waals surface area contributed by atoms with Crippen LogP contribution < -0.4 is 15.4 Å². The van der Waals surface area contributed by atoms with Gasteiger partial charge in [0, 0.05) is 18.8 Å². The number of rotatable bonds is 1. The maximum absolute atomic E-state index is 12.3. The van der Waals surface area contributed by atoms with Gasteiger partial charge in [-0.1, -0.05) is 12.2 Å². The Kier molecular flexibility index (Phi) is 2.75. The van der Waals surface area contributed by atoms with Crippen molar-refractivity contribution in [1.82, 2.24) is 5.32 Å². The van der Waals surface area contributed by atoms with Crippen molar-refractivity contribution < 1.29 is 22.7 Å². The van der Waals surface area contributed by atoms with Crippen molar-refractivity contribution in [2.45, 2.75) is 11.8 Å². The molecule has 1 aromatic rings. The summed E-state index contributed by atoms with van der Waals surface area (Å²) in [5.74, 6) is -0.578. The first-order chi connectivity index (χ1) is 9.41. The fourth-order valence-corrected chi connectivity index (χ4v) is 2.57. The predicted molar refractivity (Wildman–Crippen MR) is 65.4 cm³/mol. The number of anilines is 1. The van der Waals surface area contributed by atoms with Crippen molar-refractivity contribution in [3.05, 3.63) is 35.9 Å². The van der Waals surface area contributed by atoms with Gasteiger partial charge in [0.25, 0.3) is 0 Å². The third-order valence-corrected chi connectivity index (χ3v) is 3.43. The van der Waals surface area contributed by atoms with Crippen LogP contribution in [-0.2, 0) is 10.2 Å². The Morgan fingerprint density at radius 2 is 2.10 bits per heavy atom. The van der Waals surface area contributed by atoms with Gasteiger partial charge in [-0.15, -0.1) is 13.2 Å². The number of carbonyl (C=O) groups is 1. The molecule has 2 heterocycles. The normalized spacial score (nSPS) is 24.6. The number of carbonyl (C=O) groups excluding carboxylic acids is 1. The van der Waals surface area contributed by atoms with Crippen LogP contribution in [0.15, 0.2) is 30.4 Å². The Labute approximate surface area is 112 Å². The second kappa shape index (κ2) is 4.24. The number of halogens is 3. The summed E-state index contributed by atoms with van der Waals surface area (Å²) in [6.45, 7) is 0.973. The van der Waals surface area contributed by atoms with Crippen LogP contribution in [0.3, 0.4) is 0 Å². The molecule has 1 spiro atoms. The van der Waals surface area contributed by atoms with Gasteiger partial charge in [-0.25, -0.2) is 0 Å². The van der Waals surface area contributed by atoms with Crippen LogP contribution in [0.5, 0.6) is 5.75 Å². The second-order valence-electron chi connectivity index (χ2n) is 4.71. The van der Waals surface area contributed by atoms with E-state index in [-0.39, 0.29) is 11.7 Å². The van der Waals surface area contributed by atoms with E-state index in [0.717, 1.165) is 0 Å². The molecule has 2 aliphatic heterocycles. The summed E-state index contributed by atoms with van der Waals surface area (Å²) < 4.78 is 40.7. The van der Waals surface area contributed by atoms with Gasteiger partial charge in [-0.2, -0.15) is 0 Å². The van der Waals surface area contributed by atoms with Crippen molar-refractivity contribution in [2.24, 2.45) is 0 Å². The number of benzene rings is 1. The molecule has 4 nitrogen and oxygen atoms in total. The molecular weight excluding hydrogens is 273 g/mol. The lowest BCUT2D eigenvalue weighted by molar-refractivity contribution is -0.274. The Balaban J connectivity index is 2.04. The van der Waals surface area contributed by atoms with Gasteiger partial charge in [-0.05, 0) is 23.8 Å². The van der Waals surface area contributed by atoms with Gasteiger partial charge in [-0.3, -0.25) is 4.79 Å². The van der Waals surface area contributed by atoms with Crippen LogP contribution >= 0.6 is 0 Å². The van der Waals surface area contributed by atoms with Crippen LogP contribution in [0.1, 0.15) is 5.56 Å². The van der Waals surface area contributed by atoms with Crippen LogP contribution in [-0.4, -0.2) is 25.4 Å². The summed E-state index contributed by atoms with van der Waals surface area (Å²) in [7, 11) is 0. The van der Waals surface area contributed by atoms with Gasteiger partial charge in [0.05, 0.1) is 0 Å². The van der Waals surface area contributed by atoms with Crippen LogP contribution in [0.25, 0.3) is 0 Å². The quantitative estimate of drug-likeness (QED) is 0.775. The SMILES string of the molecule is O=C1Nc2ccc(OC(F)(F)F)cc2[C@]12C=CCNC2. The molecule has 20 heavy (non-hydrogen) atoms. The first-order valence-corrected chi connectivity index (χ1v) is 6.01. The number of nitrogens with one attached hydrogen (secondary N) is 2. The van der Waals surface area contributed by atoms with Crippen molar-refractivity contribution in [1.29, 1.82) is 0 Å². The van der Waals surface area contributed by atoms with E-state index in [1.54, 1.807) is 12.2 Å². The molecule has 0 saturated heterocycles. The van der Waals surface area contributed by atoms with Gasteiger partial charge in [0.15, 0.2) is 0 Å². The molecule has 1 atom stereocenters. The zero-order valence-corrected chi connectivity index (χ0v) is 10.3. The molecule has 1 amide bonds. The monoisotopic (exact) mass is 284 g/mol. The first-order valence-electron chi connectivity index (χ1n) is 6.01. The summed E-state index contributed by atoms with van der Waals surface area (Å²) in [6.07, 6.45) is -1.24. The van der Waals surface area contributed by atoms with Crippen molar-refractivity contribution in [3.63, 3.8) is 0 Å². The van der Waals surface area contributed by atoms with E-state index in [1.807, 2.05) is 0 Å². The summed E-state index contributed by atoms with van der Waals surface area (Å²) in [6, 6.07) is 3.87. The van der Waals surface area contributed by atoms with Gasteiger partial charge in [0.2, 0.25) is 5.91 Å². The molecule has 3 rings (SSSR count). The Bertz CT molecular complexity index is 598. The van der Waals surface area contributed by atoms with Crippen molar-refractivity contribution in [3.8, 4) is 5.75 Å². The summed E-state index contributed by atoms with van der Waals surface area (Å²) in [4.78, 5) is 12.1. The molecule has 0 aliphatic carbocycles. The topological polar surface area (TPSA) is 50.4 Å². The minimum Gasteiger partial charge on any atom is -0.406 e. The molecule has 0 saturated carbocycles. The van der Waals surface area contributed by atoms with Crippen molar-refractivity contribution in [2.75, 3.05) is 18.4 Å². The Morgan fingerprint density at radius 1 is 1.30 bits per heavy atom. The fourth-order valence-electron chi connectivity index (χ4n) is 2.57. The number of hydrogen-bond acceptors (Lipinski definition) is 3. The lowest BCUT2D eigenvalue weighted by Crippen LogP contribution is -2.45. The first kappa shape index (κ1) is 13.0. The van der Waals surface area contributed by atoms with Crippen LogP contribution in [0.2, 0.25) is 0 Å². The molecule has 106 valence electrons. The summed E-state index contributed by atoms with van der Waals surface area (Å²) in [5, 5.41) is 5.73. The molecule has 0 radical (unpaired) electrons. The van der Waals surface area contributed by atoms with Crippen LogP contribution in [0.4, 0.5) is 18.9 Å². The van der Waals surface area contributed by atoms with Gasteiger partial charge < -0.3 is 15.4 Å². The van der Waals surface area contributed by atoms with Crippen molar-refractivity contribution >= 4 is 11.6 Å². The lowest BCUT2D eigenvalue weighted by atomic mass is 9.79. The third-order valence-electron chi connectivity index (χ3n) is 3.43. The Hall–Kier alpha value is -2.02. The lowest BCUT2D eigenvalue weighted by Gasteiger charge is -2.27. The molecule has 0 aromatic heterocycles. The average Bonchev–Trinajstić information content (AvgIpc) is 2.63. The zero-order valence-electron chi connectivity index (χ0n) is 10.3. The van der Waals surface area contributed by atoms with E-state index in [1.165, 1.54) is 18.2 Å². The molecular formula is C13H11F3N2O2. The van der Waals surface area contributed by atoms with Gasteiger partial charge in [0.1, 0.15) is 11.2 Å². The van der Waals surface area contributed by atoms with E-state index in [9.17, 15) is 18.0 Å². The van der Waals surface area contributed by atoms with Gasteiger partial charge >= 0.3 is 6.36 Å². The van der Waals surface area contributed by atoms with E-state index in [4.69, 9.17) is 0 Å². The number of hydrogen-bond donors (Lipinski definition) is 2. The third kappa shape index (κ3) is 2.03. The number of fused-ring (bicyclic) bond motifs is 2. The van der Waals surface area contributed by atoms with E-state index >= 15 is 0 Å². The summed E-state index contributed by atoms with van der Waals surface area (Å²) in [5.41, 5.74) is 0.0454. The maximum Gasteiger partial charge on any atom is 0.573 e. The number of ether oxygens (including phenoxy) is 1. The van der Waals surface area contributed by atoms with E-state index in [2.05, 4.69) is 15.4 Å². The highest BCUT2D eigenvalue weighted by Crippen LogP contribution is 2.42. The molecule has 7 heteroatoms. The molecule has 0 unspecified atom stereocenters. The molecule has 0 fully saturated rings. The van der Waals surface area contributed by atoms with Crippen LogP contribution in [0, 0.1) is 0 Å². The smallest absolute Gasteiger partial charge is 0.406 e. The maximum atomic E-state index is 12.3. The second-order valence-corrected chi connectivity index (χ2v) is 4.71.